The van der Waals surface area contributed by atoms with E-state index in [4.69, 9.17) is 10.5 Å². The summed E-state index contributed by atoms with van der Waals surface area (Å²) in [6, 6.07) is 0. The summed E-state index contributed by atoms with van der Waals surface area (Å²) in [6.07, 6.45) is 0.842. The van der Waals surface area contributed by atoms with E-state index >= 15 is 0 Å². The van der Waals surface area contributed by atoms with Crippen LogP contribution in [0.15, 0.2) is 4.99 Å². The largest absolute Gasteiger partial charge is 0.481 e. The monoisotopic (exact) mass is 267 g/mol. The fourth-order valence-electron chi connectivity index (χ4n) is 1.89. The van der Waals surface area contributed by atoms with Crippen LogP contribution in [-0.4, -0.2) is 28.4 Å². The van der Waals surface area contributed by atoms with Gasteiger partial charge in [-0.1, -0.05) is 6.92 Å². The first-order chi connectivity index (χ1) is 8.78. The first-order valence-electron chi connectivity index (χ1n) is 6.45. The molecule has 1 heterocycles. The second kappa shape index (κ2) is 5.95. The average Bonchev–Trinajstić information content (AvgIpc) is 2.59. The third-order valence-electron chi connectivity index (χ3n) is 2.61. The summed E-state index contributed by atoms with van der Waals surface area (Å²) >= 11 is 0. The molecular weight excluding hydrogens is 242 g/mol. The van der Waals surface area contributed by atoms with Crippen molar-refractivity contribution < 1.29 is 4.74 Å². The molecule has 6 heteroatoms. The second-order valence-electron chi connectivity index (χ2n) is 5.49. The van der Waals surface area contributed by atoms with E-state index in [9.17, 15) is 0 Å². The van der Waals surface area contributed by atoms with Crippen LogP contribution in [-0.2, 0) is 20.0 Å². The Bertz CT molecular complexity index is 456. The van der Waals surface area contributed by atoms with Crippen molar-refractivity contribution in [1.29, 1.82) is 0 Å². The van der Waals surface area contributed by atoms with Gasteiger partial charge in [0.25, 0.3) is 0 Å². The van der Waals surface area contributed by atoms with Gasteiger partial charge in [0.1, 0.15) is 0 Å². The van der Waals surface area contributed by atoms with Crippen molar-refractivity contribution in [2.24, 2.45) is 17.8 Å². The molecule has 0 saturated heterocycles. The number of nitrogens with zero attached hydrogens (tertiary/aromatic N) is 3. The third kappa shape index (κ3) is 4.15. The summed E-state index contributed by atoms with van der Waals surface area (Å²) in [6.45, 7) is 8.65. The molecule has 1 rings (SSSR count). The number of nitrogens with two attached hydrogens (primary N) is 1. The van der Waals surface area contributed by atoms with Gasteiger partial charge in [0.15, 0.2) is 5.96 Å². The fraction of sp³-hybridized carbons (Fsp3) is 0.692. The summed E-state index contributed by atoms with van der Waals surface area (Å²) in [5, 5.41) is 7.54. The third-order valence-corrected chi connectivity index (χ3v) is 2.61. The Balaban J connectivity index is 2.90. The zero-order chi connectivity index (χ0) is 14.6. The molecule has 0 aromatic carbocycles. The van der Waals surface area contributed by atoms with Crippen LogP contribution in [0.5, 0.6) is 5.88 Å². The Morgan fingerprint density at radius 2 is 2.11 bits per heavy atom. The van der Waals surface area contributed by atoms with Gasteiger partial charge in [-0.2, -0.15) is 5.10 Å². The van der Waals surface area contributed by atoms with Crippen molar-refractivity contribution in [1.82, 2.24) is 15.1 Å². The molecule has 108 valence electrons. The lowest BCUT2D eigenvalue weighted by Gasteiger charge is -2.21. The molecule has 6 nitrogen and oxygen atoms in total. The zero-order valence-electron chi connectivity index (χ0n) is 12.7. The highest BCUT2D eigenvalue weighted by Gasteiger charge is 2.16. The maximum absolute atomic E-state index is 5.87. The number of methoxy groups -OCH3 is 1. The van der Waals surface area contributed by atoms with Crippen LogP contribution in [0.3, 0.4) is 0 Å². The van der Waals surface area contributed by atoms with Gasteiger partial charge in [0.05, 0.1) is 24.9 Å². The van der Waals surface area contributed by atoms with Gasteiger partial charge in [-0.05, 0) is 27.2 Å². The highest BCUT2D eigenvalue weighted by molar-refractivity contribution is 5.78. The van der Waals surface area contributed by atoms with Crippen molar-refractivity contribution in [2.45, 2.75) is 46.2 Å². The number of hydrogen-bond donors (Lipinski definition) is 2. The van der Waals surface area contributed by atoms with Crippen molar-refractivity contribution in [3.63, 3.8) is 0 Å². The fourth-order valence-corrected chi connectivity index (χ4v) is 1.89. The van der Waals surface area contributed by atoms with Gasteiger partial charge < -0.3 is 15.8 Å². The van der Waals surface area contributed by atoms with Crippen molar-refractivity contribution in [3.8, 4) is 5.88 Å². The Hall–Kier alpha value is -1.72. The van der Waals surface area contributed by atoms with Crippen LogP contribution in [0.4, 0.5) is 0 Å². The molecule has 0 atom stereocenters. The van der Waals surface area contributed by atoms with E-state index < -0.39 is 0 Å². The number of rotatable bonds is 4. The van der Waals surface area contributed by atoms with Crippen LogP contribution in [0.2, 0.25) is 0 Å². The zero-order valence-corrected chi connectivity index (χ0v) is 12.7. The Kier molecular flexibility index (Phi) is 4.80. The molecule has 0 radical (unpaired) electrons. The van der Waals surface area contributed by atoms with Crippen molar-refractivity contribution in [2.75, 3.05) is 7.11 Å². The summed E-state index contributed by atoms with van der Waals surface area (Å²) in [4.78, 5) is 4.36. The van der Waals surface area contributed by atoms with Crippen LogP contribution in [0.1, 0.15) is 39.0 Å². The van der Waals surface area contributed by atoms with E-state index in [1.54, 1.807) is 11.8 Å². The molecule has 0 spiro atoms. The molecule has 1 aromatic rings. The standard InChI is InChI=1S/C13H25N5O/c1-7-10-9(11(19-6)18(5)17-10)8-15-12(14)16-13(2,3)4/h7-8H2,1-6H3,(H3,14,15,16). The molecule has 0 aliphatic carbocycles. The van der Waals surface area contributed by atoms with Gasteiger partial charge >= 0.3 is 0 Å². The van der Waals surface area contributed by atoms with E-state index in [2.05, 4.69) is 22.3 Å². The molecule has 0 unspecified atom stereocenters. The Labute approximate surface area is 115 Å². The van der Waals surface area contributed by atoms with E-state index in [0.29, 0.717) is 12.5 Å². The van der Waals surface area contributed by atoms with Crippen molar-refractivity contribution in [3.05, 3.63) is 11.3 Å². The predicted molar refractivity (Wildman–Crippen MR) is 77.4 cm³/mol. The molecule has 0 aliphatic heterocycles. The number of aliphatic imine (C=N–C) groups is 1. The van der Waals surface area contributed by atoms with E-state index in [1.807, 2.05) is 27.8 Å². The molecule has 0 saturated carbocycles. The maximum atomic E-state index is 5.87. The summed E-state index contributed by atoms with van der Waals surface area (Å²) < 4.78 is 7.09. The number of ether oxygens (including phenoxy) is 1. The van der Waals surface area contributed by atoms with E-state index in [-0.39, 0.29) is 5.54 Å². The smallest absolute Gasteiger partial charge is 0.216 e. The molecule has 1 aromatic heterocycles. The van der Waals surface area contributed by atoms with Crippen LogP contribution in [0, 0.1) is 0 Å². The van der Waals surface area contributed by atoms with Gasteiger partial charge in [-0.25, -0.2) is 9.67 Å². The topological polar surface area (TPSA) is 77.5 Å². The first kappa shape index (κ1) is 15.3. The van der Waals surface area contributed by atoms with E-state index in [1.165, 1.54) is 0 Å². The highest BCUT2D eigenvalue weighted by atomic mass is 16.5. The summed E-state index contributed by atoms with van der Waals surface area (Å²) in [5.41, 5.74) is 7.76. The molecule has 0 aliphatic rings. The number of aromatic nitrogens is 2. The summed E-state index contributed by atoms with van der Waals surface area (Å²) in [5.74, 6) is 1.17. The van der Waals surface area contributed by atoms with Gasteiger partial charge in [-0.15, -0.1) is 0 Å². The quantitative estimate of drug-likeness (QED) is 0.634. The second-order valence-corrected chi connectivity index (χ2v) is 5.49. The normalized spacial score (nSPS) is 12.6. The van der Waals surface area contributed by atoms with Crippen LogP contribution >= 0.6 is 0 Å². The predicted octanol–water partition coefficient (Wildman–Crippen LogP) is 1.19. The van der Waals surface area contributed by atoms with Crippen molar-refractivity contribution >= 4 is 5.96 Å². The number of guanidine groups is 1. The minimum absolute atomic E-state index is 0.0970. The molecule has 19 heavy (non-hydrogen) atoms. The molecule has 0 bridgehead atoms. The molecule has 3 N–H and O–H groups in total. The number of hydrogen-bond acceptors (Lipinski definition) is 3. The lowest BCUT2D eigenvalue weighted by Crippen LogP contribution is -2.45. The Morgan fingerprint density at radius 3 is 2.58 bits per heavy atom. The van der Waals surface area contributed by atoms with Gasteiger partial charge in [-0.3, -0.25) is 0 Å². The van der Waals surface area contributed by atoms with E-state index in [0.717, 1.165) is 23.6 Å². The summed E-state index contributed by atoms with van der Waals surface area (Å²) in [7, 11) is 3.50. The lowest BCUT2D eigenvalue weighted by atomic mass is 10.1. The number of nitrogens with one attached hydrogen (secondary N) is 1. The molecule has 0 amide bonds. The minimum Gasteiger partial charge on any atom is -0.481 e. The molecule has 0 fully saturated rings. The lowest BCUT2D eigenvalue weighted by molar-refractivity contribution is 0.369. The SMILES string of the molecule is CCc1nn(C)c(OC)c1CN=C(N)NC(C)(C)C. The highest BCUT2D eigenvalue weighted by Crippen LogP contribution is 2.22. The number of aryl methyl sites for hydroxylation is 2. The Morgan fingerprint density at radius 1 is 1.47 bits per heavy atom. The minimum atomic E-state index is -0.0970. The average molecular weight is 267 g/mol. The maximum Gasteiger partial charge on any atom is 0.216 e. The van der Waals surface area contributed by atoms with Crippen LogP contribution in [0.25, 0.3) is 0 Å². The van der Waals surface area contributed by atoms with Gasteiger partial charge in [0, 0.05) is 12.6 Å². The van der Waals surface area contributed by atoms with Crippen LogP contribution < -0.4 is 15.8 Å². The van der Waals surface area contributed by atoms with Gasteiger partial charge in [0.2, 0.25) is 5.88 Å². The molecular formula is C13H25N5O. The first-order valence-corrected chi connectivity index (χ1v) is 6.45.